The second-order valence-electron chi connectivity index (χ2n) is 7.71. The number of aryl methyl sites for hydroxylation is 1. The highest BCUT2D eigenvalue weighted by atomic mass is 79.9. The Balaban J connectivity index is 1.99. The van der Waals surface area contributed by atoms with Crippen LogP contribution in [0.2, 0.25) is 0 Å². The van der Waals surface area contributed by atoms with E-state index in [1.165, 1.54) is 20.3 Å². The van der Waals surface area contributed by atoms with Crippen molar-refractivity contribution in [3.63, 3.8) is 0 Å². The van der Waals surface area contributed by atoms with Gasteiger partial charge in [0.1, 0.15) is 22.9 Å². The Labute approximate surface area is 208 Å². The molecule has 0 fully saturated rings. The number of nitrogens with zero attached hydrogens (tertiary/aromatic N) is 1. The first-order chi connectivity index (χ1) is 16.1. The molecule has 7 nitrogen and oxygen atoms in total. The number of hydrogen-bond donors (Lipinski definition) is 1. The van der Waals surface area contributed by atoms with Crippen LogP contribution < -0.4 is 19.1 Å². The fourth-order valence-corrected chi connectivity index (χ4v) is 5.53. The maximum atomic E-state index is 13.8. The van der Waals surface area contributed by atoms with Crippen LogP contribution in [0.25, 0.3) is 0 Å². The summed E-state index contributed by atoms with van der Waals surface area (Å²) in [6.45, 7) is 3.21. The standard InChI is InChI=1S/C25H27BrN2O5S/c1-17-11-12-23(33-4)24(13-17)34(30,31)28(21-9-6-10-22(15-21)32-3)16-25(29)27-18(2)19-7-5-8-20(26)14-19/h5-15,18H,16H2,1-4H3,(H,27,29)/t18-/m1/s1. The van der Waals surface area contributed by atoms with Crippen molar-refractivity contribution in [2.45, 2.75) is 24.8 Å². The van der Waals surface area contributed by atoms with E-state index in [0.717, 1.165) is 19.9 Å². The first kappa shape index (κ1) is 25.6. The molecule has 0 bridgehead atoms. The van der Waals surface area contributed by atoms with Gasteiger partial charge in [0.15, 0.2) is 0 Å². The van der Waals surface area contributed by atoms with E-state index in [4.69, 9.17) is 9.47 Å². The summed E-state index contributed by atoms with van der Waals surface area (Å²) in [5.74, 6) is 0.212. The predicted octanol–water partition coefficient (Wildman–Crippen LogP) is 4.85. The van der Waals surface area contributed by atoms with Crippen molar-refractivity contribution in [3.8, 4) is 11.5 Å². The van der Waals surface area contributed by atoms with E-state index in [9.17, 15) is 13.2 Å². The van der Waals surface area contributed by atoms with Crippen molar-refractivity contribution in [2.24, 2.45) is 0 Å². The van der Waals surface area contributed by atoms with Gasteiger partial charge in [0, 0.05) is 10.5 Å². The highest BCUT2D eigenvalue weighted by Crippen LogP contribution is 2.32. The van der Waals surface area contributed by atoms with Gasteiger partial charge in [-0.05, 0) is 61.4 Å². The van der Waals surface area contributed by atoms with Crippen LogP contribution in [0.3, 0.4) is 0 Å². The molecular formula is C25H27BrN2O5S. The smallest absolute Gasteiger partial charge is 0.268 e. The molecule has 34 heavy (non-hydrogen) atoms. The fraction of sp³-hybridized carbons (Fsp3) is 0.240. The maximum Gasteiger partial charge on any atom is 0.268 e. The maximum absolute atomic E-state index is 13.8. The molecule has 1 amide bonds. The second kappa shape index (κ2) is 10.9. The van der Waals surface area contributed by atoms with E-state index >= 15 is 0 Å². The molecule has 0 aliphatic rings. The molecule has 0 spiro atoms. The summed E-state index contributed by atoms with van der Waals surface area (Å²) in [6.07, 6.45) is 0. The number of sulfonamides is 1. The molecule has 0 aliphatic carbocycles. The number of anilines is 1. The van der Waals surface area contributed by atoms with Gasteiger partial charge in [-0.1, -0.05) is 40.2 Å². The average molecular weight is 547 g/mol. The Morgan fingerprint density at radius 1 is 1.03 bits per heavy atom. The molecule has 3 aromatic rings. The van der Waals surface area contributed by atoms with Crippen LogP contribution in [0.4, 0.5) is 5.69 Å². The molecule has 0 saturated heterocycles. The van der Waals surface area contributed by atoms with Crippen LogP contribution in [0, 0.1) is 6.92 Å². The molecule has 0 radical (unpaired) electrons. The summed E-state index contributed by atoms with van der Waals surface area (Å²) >= 11 is 3.43. The number of amides is 1. The van der Waals surface area contributed by atoms with Crippen molar-refractivity contribution < 1.29 is 22.7 Å². The number of hydrogen-bond acceptors (Lipinski definition) is 5. The Morgan fingerprint density at radius 3 is 2.44 bits per heavy atom. The molecule has 0 aromatic heterocycles. The SMILES string of the molecule is COc1cccc(N(CC(=O)N[C@H](C)c2cccc(Br)c2)S(=O)(=O)c2cc(C)ccc2OC)c1. The van der Waals surface area contributed by atoms with Crippen LogP contribution in [-0.2, 0) is 14.8 Å². The van der Waals surface area contributed by atoms with Gasteiger partial charge in [-0.25, -0.2) is 8.42 Å². The zero-order chi connectivity index (χ0) is 24.9. The van der Waals surface area contributed by atoms with Crippen molar-refractivity contribution in [1.29, 1.82) is 0 Å². The minimum absolute atomic E-state index is 0.0225. The predicted molar refractivity (Wildman–Crippen MR) is 136 cm³/mol. The minimum atomic E-state index is -4.16. The molecular weight excluding hydrogens is 520 g/mol. The number of carbonyl (C=O) groups is 1. The molecule has 1 atom stereocenters. The summed E-state index contributed by atoms with van der Waals surface area (Å²) in [5.41, 5.74) is 1.93. The van der Waals surface area contributed by atoms with E-state index in [-0.39, 0.29) is 16.7 Å². The van der Waals surface area contributed by atoms with Gasteiger partial charge in [-0.15, -0.1) is 0 Å². The second-order valence-corrected chi connectivity index (χ2v) is 10.5. The molecule has 0 unspecified atom stereocenters. The molecule has 9 heteroatoms. The Bertz CT molecular complexity index is 1280. The molecule has 3 aromatic carbocycles. The highest BCUT2D eigenvalue weighted by molar-refractivity contribution is 9.10. The van der Waals surface area contributed by atoms with Gasteiger partial charge in [0.05, 0.1) is 25.9 Å². The molecule has 0 saturated carbocycles. The molecule has 180 valence electrons. The minimum Gasteiger partial charge on any atom is -0.497 e. The zero-order valence-corrected chi connectivity index (χ0v) is 21.8. The van der Waals surface area contributed by atoms with Gasteiger partial charge in [-0.2, -0.15) is 0 Å². The lowest BCUT2D eigenvalue weighted by molar-refractivity contribution is -0.120. The third-order valence-electron chi connectivity index (χ3n) is 5.24. The first-order valence-electron chi connectivity index (χ1n) is 10.5. The van der Waals surface area contributed by atoms with Crippen LogP contribution in [-0.4, -0.2) is 35.1 Å². The summed E-state index contributed by atoms with van der Waals surface area (Å²) in [4.78, 5) is 13.0. The average Bonchev–Trinajstić information content (AvgIpc) is 2.82. The monoisotopic (exact) mass is 546 g/mol. The van der Waals surface area contributed by atoms with Gasteiger partial charge in [0.2, 0.25) is 5.91 Å². The lowest BCUT2D eigenvalue weighted by Gasteiger charge is -2.26. The number of carbonyl (C=O) groups excluding carboxylic acids is 1. The topological polar surface area (TPSA) is 84.9 Å². The van der Waals surface area contributed by atoms with E-state index in [1.807, 2.05) is 31.2 Å². The van der Waals surface area contributed by atoms with E-state index in [0.29, 0.717) is 11.4 Å². The van der Waals surface area contributed by atoms with Crippen LogP contribution in [0.15, 0.2) is 76.1 Å². The number of methoxy groups -OCH3 is 2. The van der Waals surface area contributed by atoms with Crippen molar-refractivity contribution >= 4 is 37.5 Å². The summed E-state index contributed by atoms with van der Waals surface area (Å²) < 4.78 is 40.2. The van der Waals surface area contributed by atoms with Crippen molar-refractivity contribution in [1.82, 2.24) is 5.32 Å². The Morgan fingerprint density at radius 2 is 1.76 bits per heavy atom. The van der Waals surface area contributed by atoms with Gasteiger partial charge in [0.25, 0.3) is 10.0 Å². The largest absolute Gasteiger partial charge is 0.497 e. The highest BCUT2D eigenvalue weighted by Gasteiger charge is 2.31. The lowest BCUT2D eigenvalue weighted by Crippen LogP contribution is -2.41. The van der Waals surface area contributed by atoms with Gasteiger partial charge >= 0.3 is 0 Å². The molecule has 3 rings (SSSR count). The van der Waals surface area contributed by atoms with Crippen LogP contribution in [0.5, 0.6) is 11.5 Å². The Hall–Kier alpha value is -3.04. The van der Waals surface area contributed by atoms with E-state index in [1.54, 1.807) is 43.3 Å². The lowest BCUT2D eigenvalue weighted by atomic mass is 10.1. The third kappa shape index (κ3) is 5.90. The van der Waals surface area contributed by atoms with E-state index < -0.39 is 22.5 Å². The van der Waals surface area contributed by atoms with Gasteiger partial charge < -0.3 is 14.8 Å². The summed E-state index contributed by atoms with van der Waals surface area (Å²) in [5, 5.41) is 2.89. The van der Waals surface area contributed by atoms with Crippen molar-refractivity contribution in [2.75, 3.05) is 25.1 Å². The first-order valence-corrected chi connectivity index (χ1v) is 12.7. The molecule has 0 aliphatic heterocycles. The van der Waals surface area contributed by atoms with Crippen molar-refractivity contribution in [3.05, 3.63) is 82.3 Å². The number of rotatable bonds is 9. The summed E-state index contributed by atoms with van der Waals surface area (Å²) in [7, 11) is -1.26. The fourth-order valence-electron chi connectivity index (χ4n) is 3.46. The van der Waals surface area contributed by atoms with Crippen LogP contribution >= 0.6 is 15.9 Å². The summed E-state index contributed by atoms with van der Waals surface area (Å²) in [6, 6.07) is 18.7. The number of ether oxygens (including phenoxy) is 2. The quantitative estimate of drug-likeness (QED) is 0.414. The normalized spacial score (nSPS) is 12.0. The van der Waals surface area contributed by atoms with Gasteiger partial charge in [-0.3, -0.25) is 9.10 Å². The third-order valence-corrected chi connectivity index (χ3v) is 7.53. The zero-order valence-electron chi connectivity index (χ0n) is 19.4. The molecule has 1 N–H and O–H groups in total. The van der Waals surface area contributed by atoms with E-state index in [2.05, 4.69) is 21.2 Å². The number of nitrogens with one attached hydrogen (secondary N) is 1. The number of benzene rings is 3. The number of halogens is 1. The Kier molecular flexibility index (Phi) is 8.22. The molecule has 0 heterocycles. The van der Waals surface area contributed by atoms with Crippen LogP contribution in [0.1, 0.15) is 24.1 Å².